The molecule has 0 aliphatic heterocycles. The van der Waals surface area contributed by atoms with Crippen LogP contribution in [0.2, 0.25) is 0 Å². The lowest BCUT2D eigenvalue weighted by Crippen LogP contribution is -2.15. The zero-order valence-electron chi connectivity index (χ0n) is 13.8. The fourth-order valence-corrected chi connectivity index (χ4v) is 1.30. The molecule has 0 radical (unpaired) electrons. The molecule has 0 aliphatic rings. The molecular weight excluding hydrogens is 282 g/mol. The van der Waals surface area contributed by atoms with Crippen molar-refractivity contribution in [1.82, 2.24) is 4.98 Å². The molecule has 0 spiro atoms. The van der Waals surface area contributed by atoms with Crippen LogP contribution in [0.1, 0.15) is 41.0 Å². The average Bonchev–Trinajstić information content (AvgIpc) is 2.99. The first-order valence-corrected chi connectivity index (χ1v) is 7.28. The number of hydrogen-bond acceptors (Lipinski definition) is 3. The van der Waals surface area contributed by atoms with E-state index in [9.17, 15) is 14.4 Å². The maximum atomic E-state index is 10.1. The molecule has 0 unspecified atom stereocenters. The fourth-order valence-electron chi connectivity index (χ4n) is 1.30. The minimum atomic E-state index is -1.55. The van der Waals surface area contributed by atoms with Crippen molar-refractivity contribution in [2.75, 3.05) is 0 Å². The van der Waals surface area contributed by atoms with Crippen LogP contribution in [0.15, 0.2) is 36.5 Å². The maximum absolute atomic E-state index is 10.1. The van der Waals surface area contributed by atoms with Crippen molar-refractivity contribution < 1.29 is 19.5 Å². The Bertz CT molecular complexity index is 543. The number of carbonyl (C=O) groups is 3. The monoisotopic (exact) mass is 307 g/mol. The van der Waals surface area contributed by atoms with E-state index >= 15 is 0 Å². The largest absolute Gasteiger partial charge is 0.475 e. The first kappa shape index (κ1) is 21.9. The highest BCUT2D eigenvalue weighted by molar-refractivity contribution is 6.36. The number of aliphatic carboxylic acids is 1. The molecule has 2 rings (SSSR count). The maximum Gasteiger partial charge on any atom is 0.372 e. The Morgan fingerprint density at radius 2 is 1.55 bits per heavy atom. The van der Waals surface area contributed by atoms with Gasteiger partial charge in [0, 0.05) is 11.7 Å². The molecule has 122 valence electrons. The van der Waals surface area contributed by atoms with Gasteiger partial charge in [0.15, 0.2) is 0 Å². The zero-order valence-corrected chi connectivity index (χ0v) is 13.8. The van der Waals surface area contributed by atoms with Crippen LogP contribution < -0.4 is 0 Å². The summed E-state index contributed by atoms with van der Waals surface area (Å²) in [4.78, 5) is 33.1. The lowest BCUT2D eigenvalue weighted by atomic mass is 10.2. The van der Waals surface area contributed by atoms with Crippen LogP contribution >= 0.6 is 0 Å². The molecule has 2 N–H and O–H groups in total. The lowest BCUT2D eigenvalue weighted by Gasteiger charge is -1.86. The first-order chi connectivity index (χ1) is 10.5. The molecular formula is C17H25NO4. The summed E-state index contributed by atoms with van der Waals surface area (Å²) >= 11 is 0. The van der Waals surface area contributed by atoms with Crippen molar-refractivity contribution in [3.63, 3.8) is 0 Å². The Kier molecular flexibility index (Phi) is 13.5. The molecule has 0 amide bonds. The predicted octanol–water partition coefficient (Wildman–Crippen LogP) is 3.84. The van der Waals surface area contributed by atoms with Gasteiger partial charge in [-0.25, -0.2) is 4.79 Å². The predicted molar refractivity (Wildman–Crippen MR) is 88.9 cm³/mol. The van der Waals surface area contributed by atoms with Gasteiger partial charge >= 0.3 is 5.97 Å². The molecule has 5 heteroatoms. The molecule has 1 aromatic carbocycles. The minimum absolute atomic E-state index is 0.428. The standard InChI is InChI=1S/C8H7N.C5H6O4.2C2H6/c1-2-4-8-7(3-1)5-6-9-8;1-3(6)2-4(7)5(8)9;2*1-2/h1-6,9H;2H2,1H3,(H,8,9);2*1-2H3. The fraction of sp³-hybridized carbons (Fsp3) is 0.353. The van der Waals surface area contributed by atoms with Crippen LogP contribution in [0.4, 0.5) is 0 Å². The third-order valence-electron chi connectivity index (χ3n) is 2.11. The van der Waals surface area contributed by atoms with Crippen molar-refractivity contribution in [1.29, 1.82) is 0 Å². The van der Waals surface area contributed by atoms with Crippen LogP contribution in [0, 0.1) is 0 Å². The van der Waals surface area contributed by atoms with Gasteiger partial charge in [0.2, 0.25) is 5.78 Å². The zero-order chi connectivity index (χ0) is 17.5. The number of carbonyl (C=O) groups excluding carboxylic acids is 2. The summed E-state index contributed by atoms with van der Waals surface area (Å²) in [6.45, 7) is 9.17. The number of ketones is 2. The van der Waals surface area contributed by atoms with E-state index in [4.69, 9.17) is 5.11 Å². The van der Waals surface area contributed by atoms with Gasteiger partial charge in [0.25, 0.3) is 0 Å². The number of H-pyrrole nitrogens is 1. The Morgan fingerprint density at radius 1 is 1.00 bits per heavy atom. The van der Waals surface area contributed by atoms with Gasteiger partial charge in [-0.05, 0) is 24.4 Å². The number of aromatic amines is 1. The molecule has 1 heterocycles. The SMILES string of the molecule is CC.CC.CC(=O)CC(=O)C(=O)O.c1ccc2[nH]ccc2c1. The topological polar surface area (TPSA) is 87.2 Å². The molecule has 22 heavy (non-hydrogen) atoms. The molecule has 5 nitrogen and oxygen atoms in total. The molecule has 0 saturated carbocycles. The van der Waals surface area contributed by atoms with E-state index in [1.165, 1.54) is 17.8 Å². The van der Waals surface area contributed by atoms with Crippen molar-refractivity contribution in [2.24, 2.45) is 0 Å². The highest BCUT2D eigenvalue weighted by atomic mass is 16.4. The van der Waals surface area contributed by atoms with E-state index in [-0.39, 0.29) is 0 Å². The van der Waals surface area contributed by atoms with Gasteiger partial charge in [0.05, 0.1) is 6.42 Å². The molecule has 0 saturated heterocycles. The molecule has 0 atom stereocenters. The summed E-state index contributed by atoms with van der Waals surface area (Å²) in [7, 11) is 0. The number of Topliss-reactive ketones (excluding diaryl/α,β-unsaturated/α-hetero) is 2. The Morgan fingerprint density at radius 3 is 1.95 bits per heavy atom. The number of hydrogen-bond donors (Lipinski definition) is 2. The Hall–Kier alpha value is -2.43. The second kappa shape index (κ2) is 13.5. The van der Waals surface area contributed by atoms with Gasteiger partial charge in [-0.15, -0.1) is 0 Å². The Balaban J connectivity index is 0. The number of nitrogens with one attached hydrogen (secondary N) is 1. The van der Waals surface area contributed by atoms with Gasteiger partial charge < -0.3 is 10.1 Å². The third-order valence-corrected chi connectivity index (χ3v) is 2.11. The summed E-state index contributed by atoms with van der Waals surface area (Å²) in [6, 6.07) is 10.3. The summed E-state index contributed by atoms with van der Waals surface area (Å²) in [5.41, 5.74) is 1.21. The van der Waals surface area contributed by atoms with E-state index in [0.29, 0.717) is 0 Å². The van der Waals surface area contributed by atoms with Crippen LogP contribution in [0.25, 0.3) is 10.9 Å². The van der Waals surface area contributed by atoms with Crippen molar-refractivity contribution in [3.05, 3.63) is 36.5 Å². The molecule has 0 aliphatic carbocycles. The summed E-state index contributed by atoms with van der Waals surface area (Å²) in [5, 5.41) is 9.20. The number of rotatable bonds is 3. The van der Waals surface area contributed by atoms with Crippen LogP contribution in [0.5, 0.6) is 0 Å². The molecule has 0 fully saturated rings. The van der Waals surface area contributed by atoms with Crippen molar-refractivity contribution in [3.8, 4) is 0 Å². The first-order valence-electron chi connectivity index (χ1n) is 7.28. The van der Waals surface area contributed by atoms with Gasteiger partial charge in [-0.3, -0.25) is 9.59 Å². The van der Waals surface area contributed by atoms with Gasteiger partial charge in [-0.1, -0.05) is 45.9 Å². The van der Waals surface area contributed by atoms with Crippen molar-refractivity contribution >= 4 is 28.4 Å². The van der Waals surface area contributed by atoms with E-state index in [0.717, 1.165) is 0 Å². The lowest BCUT2D eigenvalue weighted by molar-refractivity contribution is -0.150. The van der Waals surface area contributed by atoms with E-state index in [2.05, 4.69) is 23.2 Å². The van der Waals surface area contributed by atoms with Crippen molar-refractivity contribution in [2.45, 2.75) is 41.0 Å². The number of benzene rings is 1. The minimum Gasteiger partial charge on any atom is -0.475 e. The second-order valence-corrected chi connectivity index (χ2v) is 3.67. The Labute approximate surface area is 131 Å². The normalized spacial score (nSPS) is 8.23. The van der Waals surface area contributed by atoms with Crippen LogP contribution in [-0.4, -0.2) is 27.6 Å². The highest BCUT2D eigenvalue weighted by Crippen LogP contribution is 2.09. The number of carboxylic acids is 1. The highest BCUT2D eigenvalue weighted by Gasteiger charge is 2.12. The molecule has 1 aromatic heterocycles. The quantitative estimate of drug-likeness (QED) is 0.666. The number of fused-ring (bicyclic) bond motifs is 1. The second-order valence-electron chi connectivity index (χ2n) is 3.67. The summed E-state index contributed by atoms with van der Waals surface area (Å²) in [6.07, 6.45) is 1.44. The van der Waals surface area contributed by atoms with E-state index < -0.39 is 24.0 Å². The summed E-state index contributed by atoms with van der Waals surface area (Å²) < 4.78 is 0. The van der Waals surface area contributed by atoms with E-state index in [1.807, 2.05) is 46.0 Å². The van der Waals surface area contributed by atoms with Gasteiger partial charge in [-0.2, -0.15) is 0 Å². The number of para-hydroxylation sites is 1. The smallest absolute Gasteiger partial charge is 0.372 e. The van der Waals surface area contributed by atoms with Gasteiger partial charge in [0.1, 0.15) is 5.78 Å². The van der Waals surface area contributed by atoms with E-state index in [1.54, 1.807) is 0 Å². The number of aromatic nitrogens is 1. The molecule has 0 bridgehead atoms. The average molecular weight is 307 g/mol. The van der Waals surface area contributed by atoms with Crippen LogP contribution in [-0.2, 0) is 14.4 Å². The molecule has 2 aromatic rings. The number of carboxylic acid groups (broad SMARTS) is 1. The third kappa shape index (κ3) is 9.47. The summed E-state index contributed by atoms with van der Waals surface area (Å²) in [5.74, 6) is -3.03. The van der Waals surface area contributed by atoms with Crippen LogP contribution in [0.3, 0.4) is 0 Å².